The minimum Gasteiger partial charge on any atom is -0.464 e. The van der Waals surface area contributed by atoms with Crippen LogP contribution in [0.4, 0.5) is 0 Å². The van der Waals surface area contributed by atoms with E-state index in [2.05, 4.69) is 12.2 Å². The average Bonchev–Trinajstić information content (AvgIpc) is 3.01. The maximum Gasteiger partial charge on any atom is 0.332 e. The monoisotopic (exact) mass is 229 g/mol. The molecule has 0 heterocycles. The Kier molecular flexibility index (Phi) is 6.42. The summed E-state index contributed by atoms with van der Waals surface area (Å²) in [4.78, 5) is 10.9. The van der Waals surface area contributed by atoms with Gasteiger partial charge in [-0.25, -0.2) is 4.79 Å². The highest BCUT2D eigenvalue weighted by molar-refractivity contribution is 5.70. The molecule has 0 aromatic carbocycles. The van der Waals surface area contributed by atoms with Gasteiger partial charge in [0.25, 0.3) is 0 Å². The Morgan fingerprint density at radius 3 is 2.88 bits per heavy atom. The predicted molar refractivity (Wildman–Crippen MR) is 62.3 cm³/mol. The molecule has 94 valence electrons. The van der Waals surface area contributed by atoms with Crippen LogP contribution in [0, 0.1) is 5.92 Å². The summed E-state index contributed by atoms with van der Waals surface area (Å²) in [5.41, 5.74) is 0. The first-order valence-corrected chi connectivity index (χ1v) is 6.19. The largest absolute Gasteiger partial charge is 0.464 e. The lowest BCUT2D eigenvalue weighted by molar-refractivity contribution is -0.148. The number of ether oxygens (including phenoxy) is 2. The van der Waals surface area contributed by atoms with Gasteiger partial charge in [-0.2, -0.15) is 0 Å². The lowest BCUT2D eigenvalue weighted by atomic mass is 10.2. The zero-order chi connectivity index (χ0) is 11.8. The van der Waals surface area contributed by atoms with Crippen LogP contribution in [0.2, 0.25) is 0 Å². The Morgan fingerprint density at radius 1 is 1.50 bits per heavy atom. The summed E-state index contributed by atoms with van der Waals surface area (Å²) in [6, 6.07) is 0.554. The summed E-state index contributed by atoms with van der Waals surface area (Å²) in [5.74, 6) is 0.663. The summed E-state index contributed by atoms with van der Waals surface area (Å²) in [6.07, 6.45) is 4.05. The van der Waals surface area contributed by atoms with Crippen molar-refractivity contribution in [3.63, 3.8) is 0 Å². The van der Waals surface area contributed by atoms with Crippen LogP contribution < -0.4 is 5.32 Å². The van der Waals surface area contributed by atoms with Crippen molar-refractivity contribution >= 4 is 5.97 Å². The van der Waals surface area contributed by atoms with E-state index in [4.69, 9.17) is 9.47 Å². The van der Waals surface area contributed by atoms with E-state index in [1.54, 1.807) is 6.92 Å². The Morgan fingerprint density at radius 2 is 2.25 bits per heavy atom. The van der Waals surface area contributed by atoms with E-state index >= 15 is 0 Å². The van der Waals surface area contributed by atoms with Gasteiger partial charge in [0.15, 0.2) is 0 Å². The molecular formula is C12H23NO3. The molecule has 0 amide bonds. The average molecular weight is 229 g/mol. The maximum atomic E-state index is 10.9. The smallest absolute Gasteiger partial charge is 0.332 e. The summed E-state index contributed by atoms with van der Waals surface area (Å²) < 4.78 is 9.93. The molecule has 4 heteroatoms. The Hall–Kier alpha value is -0.610. The lowest BCUT2D eigenvalue weighted by Gasteiger charge is -2.12. The molecule has 1 fully saturated rings. The van der Waals surface area contributed by atoms with E-state index in [0.29, 0.717) is 19.3 Å². The SMILES string of the molecule is CCOC(=O)COCCNC(C)CC1CC1. The van der Waals surface area contributed by atoms with Crippen molar-refractivity contribution in [3.8, 4) is 0 Å². The van der Waals surface area contributed by atoms with E-state index in [1.807, 2.05) is 0 Å². The molecule has 0 aliphatic heterocycles. The van der Waals surface area contributed by atoms with E-state index in [1.165, 1.54) is 19.3 Å². The van der Waals surface area contributed by atoms with Crippen molar-refractivity contribution in [2.45, 2.75) is 39.2 Å². The van der Waals surface area contributed by atoms with E-state index < -0.39 is 0 Å². The van der Waals surface area contributed by atoms with E-state index in [0.717, 1.165) is 12.5 Å². The zero-order valence-corrected chi connectivity index (χ0v) is 10.3. The first-order chi connectivity index (χ1) is 7.72. The topological polar surface area (TPSA) is 47.6 Å². The van der Waals surface area contributed by atoms with Gasteiger partial charge in [-0.15, -0.1) is 0 Å². The predicted octanol–water partition coefficient (Wildman–Crippen LogP) is 1.34. The Labute approximate surface area is 97.7 Å². The lowest BCUT2D eigenvalue weighted by Crippen LogP contribution is -2.30. The number of carbonyl (C=O) groups excluding carboxylic acids is 1. The molecule has 1 aliphatic carbocycles. The highest BCUT2D eigenvalue weighted by atomic mass is 16.6. The van der Waals surface area contributed by atoms with Crippen molar-refractivity contribution in [1.82, 2.24) is 5.32 Å². The summed E-state index contributed by atoms with van der Waals surface area (Å²) >= 11 is 0. The van der Waals surface area contributed by atoms with Crippen LogP contribution in [0.1, 0.15) is 33.1 Å². The van der Waals surface area contributed by atoms with Gasteiger partial charge in [0.05, 0.1) is 13.2 Å². The standard InChI is InChI=1S/C12H23NO3/c1-3-16-12(14)9-15-7-6-13-10(2)8-11-4-5-11/h10-11,13H,3-9H2,1-2H3. The van der Waals surface area contributed by atoms with Crippen molar-refractivity contribution < 1.29 is 14.3 Å². The number of hydrogen-bond donors (Lipinski definition) is 1. The van der Waals surface area contributed by atoms with Crippen LogP contribution in [-0.2, 0) is 14.3 Å². The fourth-order valence-electron chi connectivity index (χ4n) is 1.67. The number of esters is 1. The summed E-state index contributed by atoms with van der Waals surface area (Å²) in [5, 5.41) is 3.38. The number of hydrogen-bond acceptors (Lipinski definition) is 4. The van der Waals surface area contributed by atoms with Gasteiger partial charge in [0.2, 0.25) is 0 Å². The van der Waals surface area contributed by atoms with Crippen molar-refractivity contribution in [1.29, 1.82) is 0 Å². The molecule has 0 bridgehead atoms. The molecule has 1 saturated carbocycles. The second-order valence-corrected chi connectivity index (χ2v) is 4.39. The zero-order valence-electron chi connectivity index (χ0n) is 10.3. The van der Waals surface area contributed by atoms with Crippen molar-refractivity contribution in [2.75, 3.05) is 26.4 Å². The molecule has 16 heavy (non-hydrogen) atoms. The Balaban J connectivity index is 1.84. The van der Waals surface area contributed by atoms with Gasteiger partial charge < -0.3 is 14.8 Å². The molecule has 1 atom stereocenters. The molecule has 0 aromatic rings. The van der Waals surface area contributed by atoms with Gasteiger partial charge in [-0.05, 0) is 26.2 Å². The van der Waals surface area contributed by atoms with Crippen LogP contribution in [0.3, 0.4) is 0 Å². The number of nitrogens with one attached hydrogen (secondary N) is 1. The normalized spacial score (nSPS) is 17.1. The third kappa shape index (κ3) is 6.80. The second-order valence-electron chi connectivity index (χ2n) is 4.39. The third-order valence-electron chi connectivity index (χ3n) is 2.65. The summed E-state index contributed by atoms with van der Waals surface area (Å²) in [6.45, 7) is 5.83. The Bertz CT molecular complexity index is 204. The first-order valence-electron chi connectivity index (χ1n) is 6.19. The van der Waals surface area contributed by atoms with Crippen LogP contribution >= 0.6 is 0 Å². The molecule has 1 N–H and O–H groups in total. The molecule has 1 rings (SSSR count). The highest BCUT2D eigenvalue weighted by Crippen LogP contribution is 2.33. The summed E-state index contributed by atoms with van der Waals surface area (Å²) in [7, 11) is 0. The van der Waals surface area contributed by atoms with Gasteiger partial charge in [0.1, 0.15) is 6.61 Å². The second kappa shape index (κ2) is 7.63. The molecule has 0 saturated heterocycles. The van der Waals surface area contributed by atoms with Crippen molar-refractivity contribution in [3.05, 3.63) is 0 Å². The third-order valence-corrected chi connectivity index (χ3v) is 2.65. The minimum atomic E-state index is -0.284. The van der Waals surface area contributed by atoms with E-state index in [-0.39, 0.29) is 12.6 Å². The highest BCUT2D eigenvalue weighted by Gasteiger charge is 2.23. The molecule has 1 unspecified atom stereocenters. The number of rotatable bonds is 9. The van der Waals surface area contributed by atoms with Gasteiger partial charge in [-0.1, -0.05) is 12.8 Å². The maximum absolute atomic E-state index is 10.9. The number of carbonyl (C=O) groups is 1. The van der Waals surface area contributed by atoms with Gasteiger partial charge >= 0.3 is 5.97 Å². The minimum absolute atomic E-state index is 0.0620. The molecule has 4 nitrogen and oxygen atoms in total. The van der Waals surface area contributed by atoms with Crippen molar-refractivity contribution in [2.24, 2.45) is 5.92 Å². The molecule has 0 spiro atoms. The van der Waals surface area contributed by atoms with Crippen LogP contribution in [-0.4, -0.2) is 38.4 Å². The molecule has 1 aliphatic rings. The molecular weight excluding hydrogens is 206 g/mol. The van der Waals surface area contributed by atoms with Gasteiger partial charge in [-0.3, -0.25) is 0 Å². The van der Waals surface area contributed by atoms with Crippen LogP contribution in [0.25, 0.3) is 0 Å². The van der Waals surface area contributed by atoms with Crippen LogP contribution in [0.15, 0.2) is 0 Å². The molecule has 0 radical (unpaired) electrons. The van der Waals surface area contributed by atoms with E-state index in [9.17, 15) is 4.79 Å². The fourth-order valence-corrected chi connectivity index (χ4v) is 1.67. The fraction of sp³-hybridized carbons (Fsp3) is 0.917. The van der Waals surface area contributed by atoms with Gasteiger partial charge in [0, 0.05) is 12.6 Å². The quantitative estimate of drug-likeness (QED) is 0.479. The first kappa shape index (κ1) is 13.5. The molecule has 0 aromatic heterocycles. The van der Waals surface area contributed by atoms with Crippen LogP contribution in [0.5, 0.6) is 0 Å².